The van der Waals surface area contributed by atoms with Gasteiger partial charge in [-0.3, -0.25) is 9.79 Å². The molecule has 0 spiro atoms. The van der Waals surface area contributed by atoms with Crippen LogP contribution in [0.2, 0.25) is 0 Å². The van der Waals surface area contributed by atoms with Gasteiger partial charge in [0.2, 0.25) is 0 Å². The van der Waals surface area contributed by atoms with Crippen LogP contribution in [-0.2, 0) is 11.2 Å². The summed E-state index contributed by atoms with van der Waals surface area (Å²) in [5.74, 6) is -1.22. The van der Waals surface area contributed by atoms with Gasteiger partial charge < -0.3 is 20.4 Å². The summed E-state index contributed by atoms with van der Waals surface area (Å²) in [5.41, 5.74) is 0.993. The lowest BCUT2D eigenvalue weighted by Crippen LogP contribution is -1.99. The van der Waals surface area contributed by atoms with Gasteiger partial charge in [-0.05, 0) is 36.4 Å². The largest absolute Gasteiger partial charge is 0.508 e. The minimum atomic E-state index is -1.06. The van der Waals surface area contributed by atoms with E-state index in [1.165, 1.54) is 42.6 Å². The molecule has 2 aromatic rings. The maximum atomic E-state index is 10.7. The Hall–Kier alpha value is -3.02. The van der Waals surface area contributed by atoms with E-state index in [0.717, 1.165) is 0 Å². The Labute approximate surface area is 120 Å². The van der Waals surface area contributed by atoms with Crippen molar-refractivity contribution >= 4 is 17.9 Å². The molecule has 0 aliphatic carbocycles. The maximum absolute atomic E-state index is 10.7. The quantitative estimate of drug-likeness (QED) is 0.509. The van der Waals surface area contributed by atoms with Crippen molar-refractivity contribution in [3.63, 3.8) is 0 Å². The van der Waals surface area contributed by atoms with Crippen LogP contribution in [0.5, 0.6) is 17.2 Å². The van der Waals surface area contributed by atoms with Gasteiger partial charge in [-0.2, -0.15) is 0 Å². The van der Waals surface area contributed by atoms with Gasteiger partial charge in [0.25, 0.3) is 0 Å². The average Bonchev–Trinajstić information content (AvgIpc) is 2.42. The standard InChI is InChI=1S/C15H13NO5/c17-12-2-4-14(19)10(6-12)8-16-11-1-3-13(18)9(5-11)7-15(20)21/h1-6,8,17-19H,7H2,(H,20,21). The molecule has 0 unspecified atom stereocenters. The molecule has 2 aromatic carbocycles. The van der Waals surface area contributed by atoms with Gasteiger partial charge in [0.1, 0.15) is 17.2 Å². The lowest BCUT2D eigenvalue weighted by molar-refractivity contribution is -0.136. The Balaban J connectivity index is 2.28. The molecule has 108 valence electrons. The molecule has 4 N–H and O–H groups in total. The molecule has 0 heterocycles. The van der Waals surface area contributed by atoms with Crippen LogP contribution in [0.25, 0.3) is 0 Å². The second-order valence-electron chi connectivity index (χ2n) is 4.38. The number of phenolic OH excluding ortho intramolecular Hbond substituents is 3. The highest BCUT2D eigenvalue weighted by atomic mass is 16.4. The van der Waals surface area contributed by atoms with Gasteiger partial charge >= 0.3 is 5.97 Å². The van der Waals surface area contributed by atoms with Crippen LogP contribution >= 0.6 is 0 Å². The van der Waals surface area contributed by atoms with Crippen LogP contribution in [0, 0.1) is 0 Å². The summed E-state index contributed by atoms with van der Waals surface area (Å²) in [5, 5.41) is 37.3. The number of carbonyl (C=O) groups is 1. The van der Waals surface area contributed by atoms with Crippen molar-refractivity contribution in [1.29, 1.82) is 0 Å². The van der Waals surface area contributed by atoms with Crippen LogP contribution in [0.3, 0.4) is 0 Å². The fraction of sp³-hybridized carbons (Fsp3) is 0.0667. The van der Waals surface area contributed by atoms with E-state index in [2.05, 4.69) is 4.99 Å². The van der Waals surface area contributed by atoms with Gasteiger partial charge in [-0.25, -0.2) is 0 Å². The highest BCUT2D eigenvalue weighted by molar-refractivity contribution is 5.86. The zero-order valence-corrected chi connectivity index (χ0v) is 10.9. The Kier molecular flexibility index (Phi) is 4.08. The molecule has 6 heteroatoms. The molecule has 6 nitrogen and oxygen atoms in total. The van der Waals surface area contributed by atoms with E-state index in [-0.39, 0.29) is 29.2 Å². The topological polar surface area (TPSA) is 110 Å². The zero-order chi connectivity index (χ0) is 15.4. The van der Waals surface area contributed by atoms with E-state index in [1.807, 2.05) is 0 Å². The SMILES string of the molecule is O=C(O)Cc1cc(N=Cc2cc(O)ccc2O)ccc1O. The molecule has 0 saturated heterocycles. The monoisotopic (exact) mass is 287 g/mol. The Bertz CT molecular complexity index is 709. The number of benzene rings is 2. The first-order valence-electron chi connectivity index (χ1n) is 6.05. The van der Waals surface area contributed by atoms with Gasteiger partial charge in [0.05, 0.1) is 12.1 Å². The van der Waals surface area contributed by atoms with Gasteiger partial charge in [-0.15, -0.1) is 0 Å². The van der Waals surface area contributed by atoms with Crippen LogP contribution in [-0.4, -0.2) is 32.6 Å². The molecule has 0 atom stereocenters. The number of carboxylic acid groups (broad SMARTS) is 1. The molecule has 0 radical (unpaired) electrons. The number of hydrogen-bond acceptors (Lipinski definition) is 5. The summed E-state index contributed by atoms with van der Waals surface area (Å²) in [7, 11) is 0. The number of nitrogens with zero attached hydrogens (tertiary/aromatic N) is 1. The molecule has 0 saturated carbocycles. The van der Waals surface area contributed by atoms with Crippen molar-refractivity contribution in [3.05, 3.63) is 47.5 Å². The van der Waals surface area contributed by atoms with Crippen LogP contribution < -0.4 is 0 Å². The van der Waals surface area contributed by atoms with Gasteiger partial charge in [0.15, 0.2) is 0 Å². The zero-order valence-electron chi connectivity index (χ0n) is 10.9. The molecule has 0 fully saturated rings. The van der Waals surface area contributed by atoms with E-state index >= 15 is 0 Å². The highest BCUT2D eigenvalue weighted by Crippen LogP contribution is 2.25. The summed E-state index contributed by atoms with van der Waals surface area (Å²) in [6, 6.07) is 8.34. The van der Waals surface area contributed by atoms with E-state index < -0.39 is 5.97 Å². The third-order valence-electron chi connectivity index (χ3n) is 2.77. The fourth-order valence-corrected chi connectivity index (χ4v) is 1.75. The molecule has 0 aliphatic heterocycles. The summed E-state index contributed by atoms with van der Waals surface area (Å²) < 4.78 is 0. The second kappa shape index (κ2) is 5.96. The van der Waals surface area contributed by atoms with Crippen LogP contribution in [0.4, 0.5) is 5.69 Å². The predicted octanol–water partition coefficient (Wildman–Crippen LogP) is 2.18. The smallest absolute Gasteiger partial charge is 0.307 e. The third kappa shape index (κ3) is 3.73. The average molecular weight is 287 g/mol. The summed E-state index contributed by atoms with van der Waals surface area (Å²) >= 11 is 0. The number of aliphatic carboxylic acids is 1. The molecule has 0 bridgehead atoms. The molecule has 0 aliphatic rings. The van der Waals surface area contributed by atoms with Crippen molar-refractivity contribution < 1.29 is 25.2 Å². The van der Waals surface area contributed by atoms with E-state index in [1.54, 1.807) is 0 Å². The molecule has 2 rings (SSSR count). The molecular weight excluding hydrogens is 274 g/mol. The van der Waals surface area contributed by atoms with Crippen molar-refractivity contribution in [2.24, 2.45) is 4.99 Å². The van der Waals surface area contributed by atoms with Crippen molar-refractivity contribution in [3.8, 4) is 17.2 Å². The number of aliphatic imine (C=N–C) groups is 1. The van der Waals surface area contributed by atoms with Gasteiger partial charge in [0, 0.05) is 17.3 Å². The lowest BCUT2D eigenvalue weighted by atomic mass is 10.1. The first-order chi connectivity index (χ1) is 9.95. The normalized spacial score (nSPS) is 10.9. The van der Waals surface area contributed by atoms with Gasteiger partial charge in [-0.1, -0.05) is 0 Å². The highest BCUT2D eigenvalue weighted by Gasteiger charge is 2.07. The Morgan fingerprint density at radius 1 is 1.05 bits per heavy atom. The number of carboxylic acids is 1. The Morgan fingerprint density at radius 2 is 1.76 bits per heavy atom. The van der Waals surface area contributed by atoms with E-state index in [0.29, 0.717) is 11.3 Å². The number of hydrogen-bond donors (Lipinski definition) is 4. The van der Waals surface area contributed by atoms with Crippen LogP contribution in [0.15, 0.2) is 41.4 Å². The molecule has 0 aromatic heterocycles. The molecule has 0 amide bonds. The van der Waals surface area contributed by atoms with Crippen molar-refractivity contribution in [1.82, 2.24) is 0 Å². The molecule has 21 heavy (non-hydrogen) atoms. The minimum Gasteiger partial charge on any atom is -0.508 e. The summed E-state index contributed by atoms with van der Waals surface area (Å²) in [4.78, 5) is 14.8. The summed E-state index contributed by atoms with van der Waals surface area (Å²) in [6.45, 7) is 0. The maximum Gasteiger partial charge on any atom is 0.307 e. The number of rotatable bonds is 4. The van der Waals surface area contributed by atoms with Crippen LogP contribution in [0.1, 0.15) is 11.1 Å². The number of phenols is 3. The minimum absolute atomic E-state index is 0.00785. The number of aromatic hydroxyl groups is 3. The fourth-order valence-electron chi connectivity index (χ4n) is 1.75. The first kappa shape index (κ1) is 14.4. The predicted molar refractivity (Wildman–Crippen MR) is 76.5 cm³/mol. The van der Waals surface area contributed by atoms with E-state index in [9.17, 15) is 20.1 Å². The lowest BCUT2D eigenvalue weighted by Gasteiger charge is -2.03. The molecular formula is C15H13NO5. The summed E-state index contributed by atoms with van der Waals surface area (Å²) in [6.07, 6.45) is 1.03. The second-order valence-corrected chi connectivity index (χ2v) is 4.38. The van der Waals surface area contributed by atoms with Crippen molar-refractivity contribution in [2.45, 2.75) is 6.42 Å². The van der Waals surface area contributed by atoms with Crippen molar-refractivity contribution in [2.75, 3.05) is 0 Å². The third-order valence-corrected chi connectivity index (χ3v) is 2.77. The van der Waals surface area contributed by atoms with E-state index in [4.69, 9.17) is 5.11 Å². The first-order valence-corrected chi connectivity index (χ1v) is 6.05. The Morgan fingerprint density at radius 3 is 2.48 bits per heavy atom.